The van der Waals surface area contributed by atoms with Gasteiger partial charge in [-0.25, -0.2) is 0 Å². The minimum atomic E-state index is 0.315. The Morgan fingerprint density at radius 2 is 0.833 bits per heavy atom. The first-order valence-electron chi connectivity index (χ1n) is 11.5. The predicted molar refractivity (Wildman–Crippen MR) is 117 cm³/mol. The second-order valence-electron chi connectivity index (χ2n) is 7.80. The van der Waals surface area contributed by atoms with Crippen LogP contribution in [0.3, 0.4) is 0 Å². The van der Waals surface area contributed by atoms with Crippen LogP contribution < -0.4 is 0 Å². The fourth-order valence-corrected chi connectivity index (χ4v) is 7.30. The summed E-state index contributed by atoms with van der Waals surface area (Å²) in [5.74, 6) is 0. The largest absolute Gasteiger partial charge is 0.104 e. The first kappa shape index (κ1) is 24.4. The van der Waals surface area contributed by atoms with Crippen LogP contribution in [0.25, 0.3) is 0 Å². The summed E-state index contributed by atoms with van der Waals surface area (Å²) in [6, 6.07) is 0. The van der Waals surface area contributed by atoms with E-state index in [9.17, 15) is 0 Å². The highest BCUT2D eigenvalue weighted by atomic mass is 31.1. The molecule has 0 saturated heterocycles. The topological polar surface area (TPSA) is 0 Å². The molecule has 0 atom stereocenters. The van der Waals surface area contributed by atoms with Crippen molar-refractivity contribution < 1.29 is 0 Å². The lowest BCUT2D eigenvalue weighted by Gasteiger charge is -2.28. The van der Waals surface area contributed by atoms with Crippen LogP contribution in [-0.2, 0) is 0 Å². The highest BCUT2D eigenvalue weighted by Gasteiger charge is 2.18. The molecule has 0 aliphatic heterocycles. The van der Waals surface area contributed by atoms with Crippen molar-refractivity contribution in [1.29, 1.82) is 0 Å². The van der Waals surface area contributed by atoms with Crippen molar-refractivity contribution in [3.63, 3.8) is 0 Å². The van der Waals surface area contributed by atoms with Crippen LogP contribution in [0.1, 0.15) is 130 Å². The lowest BCUT2D eigenvalue weighted by Crippen LogP contribution is -2.10. The van der Waals surface area contributed by atoms with Crippen LogP contribution >= 0.6 is 7.92 Å². The zero-order valence-corrected chi connectivity index (χ0v) is 18.6. The van der Waals surface area contributed by atoms with E-state index < -0.39 is 0 Å². The van der Waals surface area contributed by atoms with E-state index in [-0.39, 0.29) is 0 Å². The summed E-state index contributed by atoms with van der Waals surface area (Å²) in [6.07, 6.45) is 26.6. The molecule has 0 N–H and O–H groups in total. The molecular weight excluding hydrogens is 307 g/mol. The quantitative estimate of drug-likeness (QED) is 0.160. The van der Waals surface area contributed by atoms with Crippen molar-refractivity contribution >= 4 is 7.92 Å². The molecule has 1 heteroatoms. The molecule has 0 rings (SSSR count). The number of hydrogen-bond donors (Lipinski definition) is 0. The van der Waals surface area contributed by atoms with Crippen LogP contribution in [0, 0.1) is 0 Å². The Kier molecular flexibility index (Phi) is 20.1. The molecule has 0 amide bonds. The fourth-order valence-electron chi connectivity index (χ4n) is 3.84. The van der Waals surface area contributed by atoms with Crippen molar-refractivity contribution in [1.82, 2.24) is 0 Å². The molecule has 0 bridgehead atoms. The van der Waals surface area contributed by atoms with Gasteiger partial charge in [0.2, 0.25) is 0 Å². The van der Waals surface area contributed by atoms with E-state index in [1.807, 2.05) is 0 Å². The Hall–Kier alpha value is 0.430. The van der Waals surface area contributed by atoms with Crippen LogP contribution in [0.5, 0.6) is 0 Å². The molecular formula is C23H49P. The maximum Gasteiger partial charge on any atom is -0.0209 e. The van der Waals surface area contributed by atoms with E-state index in [0.29, 0.717) is 7.92 Å². The van der Waals surface area contributed by atoms with Crippen molar-refractivity contribution in [3.8, 4) is 0 Å². The third-order valence-electron chi connectivity index (χ3n) is 5.36. The van der Waals surface area contributed by atoms with E-state index >= 15 is 0 Å². The van der Waals surface area contributed by atoms with Crippen molar-refractivity contribution in [3.05, 3.63) is 0 Å². The van der Waals surface area contributed by atoms with Crippen molar-refractivity contribution in [2.45, 2.75) is 136 Å². The zero-order valence-electron chi connectivity index (χ0n) is 17.8. The van der Waals surface area contributed by atoms with Crippen molar-refractivity contribution in [2.24, 2.45) is 0 Å². The average molecular weight is 357 g/mol. The SMILES string of the molecule is CCCCCCCCP(CCCCCCCC)C(CCC)CCC. The fraction of sp³-hybridized carbons (Fsp3) is 1.00. The molecule has 0 unspecified atom stereocenters. The maximum atomic E-state index is 2.39. The molecule has 0 aliphatic rings. The zero-order chi connectivity index (χ0) is 17.9. The van der Waals surface area contributed by atoms with Gasteiger partial charge < -0.3 is 0 Å². The monoisotopic (exact) mass is 356 g/mol. The normalized spacial score (nSPS) is 11.8. The lowest BCUT2D eigenvalue weighted by atomic mass is 10.1. The van der Waals surface area contributed by atoms with Gasteiger partial charge in [-0.05, 0) is 43.7 Å². The van der Waals surface area contributed by atoms with Gasteiger partial charge in [0.15, 0.2) is 0 Å². The molecule has 0 spiro atoms. The summed E-state index contributed by atoms with van der Waals surface area (Å²) in [7, 11) is 0.315. The lowest BCUT2D eigenvalue weighted by molar-refractivity contribution is 0.615. The molecule has 0 aromatic rings. The third kappa shape index (κ3) is 14.7. The Labute approximate surface area is 156 Å². The first-order valence-corrected chi connectivity index (χ1v) is 13.3. The van der Waals surface area contributed by atoms with Gasteiger partial charge in [-0.1, -0.05) is 105 Å². The molecule has 0 saturated carbocycles. The highest BCUT2D eigenvalue weighted by molar-refractivity contribution is 7.58. The van der Waals surface area contributed by atoms with Gasteiger partial charge in [-0.15, -0.1) is 7.92 Å². The summed E-state index contributed by atoms with van der Waals surface area (Å²) in [5.41, 5.74) is 1.08. The van der Waals surface area contributed by atoms with E-state index in [4.69, 9.17) is 0 Å². The molecule has 146 valence electrons. The molecule has 24 heavy (non-hydrogen) atoms. The molecule has 0 aromatic carbocycles. The van der Waals surface area contributed by atoms with Gasteiger partial charge in [0.05, 0.1) is 0 Å². The minimum Gasteiger partial charge on any atom is -0.104 e. The minimum absolute atomic E-state index is 0.315. The van der Waals surface area contributed by atoms with Crippen molar-refractivity contribution in [2.75, 3.05) is 12.3 Å². The summed E-state index contributed by atoms with van der Waals surface area (Å²) in [4.78, 5) is 0. The van der Waals surface area contributed by atoms with Gasteiger partial charge in [0.1, 0.15) is 0 Å². The van der Waals surface area contributed by atoms with Crippen LogP contribution in [0.4, 0.5) is 0 Å². The van der Waals surface area contributed by atoms with Gasteiger partial charge in [-0.3, -0.25) is 0 Å². The molecule has 0 heterocycles. The van der Waals surface area contributed by atoms with Gasteiger partial charge in [-0.2, -0.15) is 0 Å². The molecule has 0 aromatic heterocycles. The van der Waals surface area contributed by atoms with Crippen LogP contribution in [0.15, 0.2) is 0 Å². The van der Waals surface area contributed by atoms with Gasteiger partial charge >= 0.3 is 0 Å². The smallest absolute Gasteiger partial charge is 0.0209 e. The van der Waals surface area contributed by atoms with E-state index in [0.717, 1.165) is 5.66 Å². The Morgan fingerprint density at radius 3 is 1.21 bits per heavy atom. The summed E-state index contributed by atoms with van der Waals surface area (Å²) >= 11 is 0. The van der Waals surface area contributed by atoms with Gasteiger partial charge in [0.25, 0.3) is 0 Å². The van der Waals surface area contributed by atoms with Gasteiger partial charge in [0, 0.05) is 0 Å². The average Bonchev–Trinajstić information content (AvgIpc) is 2.59. The van der Waals surface area contributed by atoms with Crippen LogP contribution in [0.2, 0.25) is 0 Å². The number of rotatable bonds is 19. The summed E-state index contributed by atoms with van der Waals surface area (Å²) in [6.45, 7) is 9.43. The maximum absolute atomic E-state index is 2.39. The Morgan fingerprint density at radius 1 is 0.458 bits per heavy atom. The second kappa shape index (κ2) is 19.8. The molecule has 0 nitrogen and oxygen atoms in total. The standard InChI is InChI=1S/C23H49P/c1-5-9-11-13-15-17-21-24(23(19-7-3)20-8-4)22-18-16-14-12-10-6-2/h23H,5-22H2,1-4H3. The van der Waals surface area contributed by atoms with E-state index in [1.54, 1.807) is 12.3 Å². The summed E-state index contributed by atoms with van der Waals surface area (Å²) in [5, 5.41) is 0. The highest BCUT2D eigenvalue weighted by Crippen LogP contribution is 2.47. The molecule has 0 radical (unpaired) electrons. The summed E-state index contributed by atoms with van der Waals surface area (Å²) < 4.78 is 0. The second-order valence-corrected chi connectivity index (χ2v) is 10.6. The predicted octanol–water partition coefficient (Wildman–Crippen LogP) is 9.16. The van der Waals surface area contributed by atoms with E-state index in [1.165, 1.54) is 103 Å². The molecule has 0 aliphatic carbocycles. The molecule has 0 fully saturated rings. The van der Waals surface area contributed by atoms with E-state index in [2.05, 4.69) is 27.7 Å². The van der Waals surface area contributed by atoms with Crippen LogP contribution in [-0.4, -0.2) is 18.0 Å². The number of unbranched alkanes of at least 4 members (excludes halogenated alkanes) is 10. The Balaban J connectivity index is 4.11. The third-order valence-corrected chi connectivity index (χ3v) is 8.69. The Bertz CT molecular complexity index is 204. The first-order chi connectivity index (χ1) is 11.8. The number of hydrogen-bond acceptors (Lipinski definition) is 0.